The highest BCUT2D eigenvalue weighted by Crippen LogP contribution is 2.28. The van der Waals surface area contributed by atoms with E-state index in [1.807, 2.05) is 18.2 Å². The number of amides is 1. The summed E-state index contributed by atoms with van der Waals surface area (Å²) in [6.45, 7) is -0.0835. The van der Waals surface area contributed by atoms with Crippen LogP contribution in [0, 0.1) is 0 Å². The number of nitrogens with zero attached hydrogens (tertiary/aromatic N) is 1. The second kappa shape index (κ2) is 4.55. The zero-order valence-corrected chi connectivity index (χ0v) is 9.37. The molecule has 2 atom stereocenters. The number of carbonyl (C=O) groups excluding carboxylic acids is 1. The molecule has 1 aliphatic rings. The van der Waals surface area contributed by atoms with E-state index in [2.05, 4.69) is 0 Å². The Morgan fingerprint density at radius 1 is 1.41 bits per heavy atom. The number of benzene rings is 1. The highest BCUT2D eigenvalue weighted by Gasteiger charge is 2.40. The molecule has 1 aliphatic heterocycles. The number of aliphatic carboxylic acids is 1. The summed E-state index contributed by atoms with van der Waals surface area (Å²) in [5, 5.41) is 9.18. The first-order chi connectivity index (χ1) is 8.11. The Balaban J connectivity index is 2.33. The fraction of sp³-hybridized carbons (Fsp3) is 0.333. The van der Waals surface area contributed by atoms with Gasteiger partial charge >= 0.3 is 5.97 Å². The standard InChI is InChI=1S/C12H13NO4/c1-13-9(14)7-17-11(10(13)12(15)16)8-5-3-2-4-6-8/h2-6,10-11H,7H2,1H3,(H,15,16). The fourth-order valence-corrected chi connectivity index (χ4v) is 1.93. The average Bonchev–Trinajstić information content (AvgIpc) is 2.33. The molecule has 5 nitrogen and oxygen atoms in total. The quantitative estimate of drug-likeness (QED) is 0.818. The molecule has 0 spiro atoms. The van der Waals surface area contributed by atoms with E-state index in [0.717, 1.165) is 5.56 Å². The minimum atomic E-state index is -1.06. The molecule has 1 fully saturated rings. The zero-order chi connectivity index (χ0) is 12.4. The van der Waals surface area contributed by atoms with Gasteiger partial charge in [-0.25, -0.2) is 4.79 Å². The highest BCUT2D eigenvalue weighted by molar-refractivity contribution is 5.86. The monoisotopic (exact) mass is 235 g/mol. The van der Waals surface area contributed by atoms with Crippen molar-refractivity contribution in [3.63, 3.8) is 0 Å². The molecule has 0 saturated carbocycles. The van der Waals surface area contributed by atoms with Crippen molar-refractivity contribution in [2.24, 2.45) is 0 Å². The van der Waals surface area contributed by atoms with Crippen LogP contribution in [0.15, 0.2) is 30.3 Å². The number of ether oxygens (including phenoxy) is 1. The van der Waals surface area contributed by atoms with Crippen LogP contribution in [0.5, 0.6) is 0 Å². The minimum Gasteiger partial charge on any atom is -0.480 e. The van der Waals surface area contributed by atoms with Crippen molar-refractivity contribution in [2.45, 2.75) is 12.1 Å². The highest BCUT2D eigenvalue weighted by atomic mass is 16.5. The number of rotatable bonds is 2. The third-order valence-corrected chi connectivity index (χ3v) is 2.86. The maximum Gasteiger partial charge on any atom is 0.329 e. The summed E-state index contributed by atoms with van der Waals surface area (Å²) in [7, 11) is 1.49. The average molecular weight is 235 g/mol. The molecule has 1 amide bonds. The molecule has 0 bridgehead atoms. The molecule has 2 unspecified atom stereocenters. The third-order valence-electron chi connectivity index (χ3n) is 2.86. The molecule has 0 radical (unpaired) electrons. The van der Waals surface area contributed by atoms with Crippen LogP contribution in [0.2, 0.25) is 0 Å². The van der Waals surface area contributed by atoms with Crippen molar-refractivity contribution >= 4 is 11.9 Å². The van der Waals surface area contributed by atoms with Crippen LogP contribution in [0.4, 0.5) is 0 Å². The van der Waals surface area contributed by atoms with Crippen LogP contribution >= 0.6 is 0 Å². The van der Waals surface area contributed by atoms with Gasteiger partial charge in [-0.05, 0) is 5.56 Å². The minimum absolute atomic E-state index is 0.0835. The lowest BCUT2D eigenvalue weighted by atomic mass is 9.99. The summed E-state index contributed by atoms with van der Waals surface area (Å²) in [6, 6.07) is 8.09. The lowest BCUT2D eigenvalue weighted by Crippen LogP contribution is -2.52. The first-order valence-electron chi connectivity index (χ1n) is 5.26. The van der Waals surface area contributed by atoms with Crippen molar-refractivity contribution in [3.8, 4) is 0 Å². The Kier molecular flexibility index (Phi) is 3.10. The molecule has 0 aromatic heterocycles. The van der Waals surface area contributed by atoms with Crippen LogP contribution in [0.3, 0.4) is 0 Å². The summed E-state index contributed by atoms with van der Waals surface area (Å²) >= 11 is 0. The van der Waals surface area contributed by atoms with Crippen LogP contribution in [-0.2, 0) is 14.3 Å². The first kappa shape index (κ1) is 11.6. The fourth-order valence-electron chi connectivity index (χ4n) is 1.93. The van der Waals surface area contributed by atoms with E-state index in [1.54, 1.807) is 12.1 Å². The van der Waals surface area contributed by atoms with Gasteiger partial charge in [0.15, 0.2) is 6.04 Å². The molecule has 1 aromatic rings. The van der Waals surface area contributed by atoms with E-state index >= 15 is 0 Å². The molecule has 2 rings (SSSR count). The Bertz CT molecular complexity index is 431. The van der Waals surface area contributed by atoms with Crippen LogP contribution in [0.1, 0.15) is 11.7 Å². The van der Waals surface area contributed by atoms with Gasteiger partial charge in [-0.1, -0.05) is 30.3 Å². The summed E-state index contributed by atoms with van der Waals surface area (Å²) in [5.74, 6) is -1.38. The van der Waals surface area contributed by atoms with E-state index in [4.69, 9.17) is 4.74 Å². The van der Waals surface area contributed by atoms with Gasteiger partial charge in [0.1, 0.15) is 12.7 Å². The molecule has 1 N–H and O–H groups in total. The Hall–Kier alpha value is -1.88. The van der Waals surface area contributed by atoms with E-state index in [9.17, 15) is 14.7 Å². The molecule has 5 heteroatoms. The number of carbonyl (C=O) groups is 2. The Morgan fingerprint density at radius 3 is 2.65 bits per heavy atom. The van der Waals surface area contributed by atoms with Gasteiger partial charge in [0.2, 0.25) is 5.91 Å². The van der Waals surface area contributed by atoms with Gasteiger partial charge in [0.05, 0.1) is 0 Å². The van der Waals surface area contributed by atoms with Gasteiger partial charge in [-0.3, -0.25) is 4.79 Å². The van der Waals surface area contributed by atoms with E-state index < -0.39 is 18.1 Å². The van der Waals surface area contributed by atoms with E-state index in [1.165, 1.54) is 11.9 Å². The predicted molar refractivity (Wildman–Crippen MR) is 59.3 cm³/mol. The summed E-state index contributed by atoms with van der Waals surface area (Å²) in [5.41, 5.74) is 0.763. The van der Waals surface area contributed by atoms with Crippen molar-refractivity contribution in [1.82, 2.24) is 4.90 Å². The SMILES string of the molecule is CN1C(=O)COC(c2ccccc2)C1C(=O)O. The maximum atomic E-state index is 11.4. The largest absolute Gasteiger partial charge is 0.480 e. The molecular formula is C12H13NO4. The van der Waals surface area contributed by atoms with Crippen molar-refractivity contribution in [2.75, 3.05) is 13.7 Å². The Morgan fingerprint density at radius 2 is 2.06 bits per heavy atom. The topological polar surface area (TPSA) is 66.8 Å². The van der Waals surface area contributed by atoms with Crippen molar-refractivity contribution < 1.29 is 19.4 Å². The predicted octanol–water partition coefficient (Wildman–Crippen LogP) is 0.669. The van der Waals surface area contributed by atoms with Crippen LogP contribution < -0.4 is 0 Å². The number of carboxylic acid groups (broad SMARTS) is 1. The number of likely N-dealkylation sites (N-methyl/N-ethyl adjacent to an activating group) is 1. The van der Waals surface area contributed by atoms with Gasteiger partial charge in [0, 0.05) is 7.05 Å². The normalized spacial score (nSPS) is 24.8. The first-order valence-corrected chi connectivity index (χ1v) is 5.26. The van der Waals surface area contributed by atoms with Crippen molar-refractivity contribution in [1.29, 1.82) is 0 Å². The maximum absolute atomic E-state index is 11.4. The van der Waals surface area contributed by atoms with Gasteiger partial charge < -0.3 is 14.7 Å². The van der Waals surface area contributed by atoms with Crippen molar-refractivity contribution in [3.05, 3.63) is 35.9 Å². The smallest absolute Gasteiger partial charge is 0.329 e. The molecule has 1 heterocycles. The molecular weight excluding hydrogens is 222 g/mol. The van der Waals surface area contributed by atoms with Crippen LogP contribution in [-0.4, -0.2) is 41.6 Å². The Labute approximate surface area is 98.6 Å². The summed E-state index contributed by atoms with van der Waals surface area (Å²) < 4.78 is 5.35. The van der Waals surface area contributed by atoms with E-state index in [0.29, 0.717) is 0 Å². The van der Waals surface area contributed by atoms with Gasteiger partial charge in [0.25, 0.3) is 0 Å². The van der Waals surface area contributed by atoms with Crippen LogP contribution in [0.25, 0.3) is 0 Å². The lowest BCUT2D eigenvalue weighted by molar-refractivity contribution is -0.169. The summed E-state index contributed by atoms with van der Waals surface area (Å²) in [6.07, 6.45) is -0.614. The number of morpholine rings is 1. The molecule has 1 aromatic carbocycles. The van der Waals surface area contributed by atoms with Gasteiger partial charge in [-0.2, -0.15) is 0 Å². The number of hydrogen-bond acceptors (Lipinski definition) is 3. The second-order valence-electron chi connectivity index (χ2n) is 3.93. The molecule has 17 heavy (non-hydrogen) atoms. The lowest BCUT2D eigenvalue weighted by Gasteiger charge is -2.36. The zero-order valence-electron chi connectivity index (χ0n) is 9.37. The van der Waals surface area contributed by atoms with E-state index in [-0.39, 0.29) is 12.5 Å². The number of carboxylic acids is 1. The third kappa shape index (κ3) is 2.14. The molecule has 1 saturated heterocycles. The summed E-state index contributed by atoms with van der Waals surface area (Å²) in [4.78, 5) is 23.9. The number of hydrogen-bond donors (Lipinski definition) is 1. The molecule has 90 valence electrons. The van der Waals surface area contributed by atoms with Gasteiger partial charge in [-0.15, -0.1) is 0 Å². The second-order valence-corrected chi connectivity index (χ2v) is 3.93. The molecule has 0 aliphatic carbocycles.